The molecule has 0 bridgehead atoms. The molecule has 0 radical (unpaired) electrons. The molecule has 1 aliphatic heterocycles. The van der Waals surface area contributed by atoms with Crippen LogP contribution in [-0.2, 0) is 11.3 Å². The Morgan fingerprint density at radius 2 is 2.37 bits per heavy atom. The molecule has 5 nitrogen and oxygen atoms in total. The zero-order valence-corrected chi connectivity index (χ0v) is 11.5. The number of carbonyl (C=O) groups excluding carboxylic acids is 1. The van der Waals surface area contributed by atoms with E-state index in [1.807, 2.05) is 19.2 Å². The Bertz CT molecular complexity index is 414. The molecular weight excluding hydrogens is 240 g/mol. The van der Waals surface area contributed by atoms with E-state index in [0.717, 1.165) is 43.7 Å². The minimum Gasteiger partial charge on any atom is -0.351 e. The second-order valence-corrected chi connectivity index (χ2v) is 4.96. The summed E-state index contributed by atoms with van der Waals surface area (Å²) in [6, 6.07) is 1.95. The van der Waals surface area contributed by atoms with E-state index in [4.69, 9.17) is 0 Å². The Kier molecular flexibility index (Phi) is 5.30. The van der Waals surface area contributed by atoms with Crippen molar-refractivity contribution in [2.45, 2.75) is 19.9 Å². The van der Waals surface area contributed by atoms with Gasteiger partial charge in [-0.3, -0.25) is 14.7 Å². The zero-order valence-electron chi connectivity index (χ0n) is 11.5. The van der Waals surface area contributed by atoms with E-state index in [-0.39, 0.29) is 5.91 Å². The van der Waals surface area contributed by atoms with Crippen molar-refractivity contribution in [1.82, 2.24) is 20.5 Å². The number of aryl methyl sites for hydroxylation is 1. The molecule has 1 aromatic rings. The number of amides is 1. The lowest BCUT2D eigenvalue weighted by molar-refractivity contribution is -0.122. The molecule has 2 heterocycles. The third-order valence-corrected chi connectivity index (χ3v) is 3.41. The molecule has 2 rings (SSSR count). The number of carbonyl (C=O) groups is 1. The van der Waals surface area contributed by atoms with Crippen LogP contribution in [0.25, 0.3) is 0 Å². The first-order chi connectivity index (χ1) is 9.25. The van der Waals surface area contributed by atoms with Crippen LogP contribution in [0, 0.1) is 6.92 Å². The van der Waals surface area contributed by atoms with Gasteiger partial charge < -0.3 is 10.6 Å². The van der Waals surface area contributed by atoms with Crippen LogP contribution in [0.4, 0.5) is 0 Å². The molecule has 0 aromatic carbocycles. The first-order valence-corrected chi connectivity index (χ1v) is 6.85. The Balaban J connectivity index is 1.76. The van der Waals surface area contributed by atoms with Crippen molar-refractivity contribution in [3.8, 4) is 0 Å². The molecule has 104 valence electrons. The third kappa shape index (κ3) is 4.61. The summed E-state index contributed by atoms with van der Waals surface area (Å²) in [5.74, 6) is 0.0955. The van der Waals surface area contributed by atoms with Gasteiger partial charge in [-0.1, -0.05) is 0 Å². The van der Waals surface area contributed by atoms with Crippen LogP contribution in [0.3, 0.4) is 0 Å². The molecule has 0 aliphatic carbocycles. The summed E-state index contributed by atoms with van der Waals surface area (Å²) in [6.07, 6.45) is 4.69. The van der Waals surface area contributed by atoms with Gasteiger partial charge in [-0.05, 0) is 43.6 Å². The van der Waals surface area contributed by atoms with Gasteiger partial charge in [0.25, 0.3) is 0 Å². The van der Waals surface area contributed by atoms with Crippen LogP contribution < -0.4 is 10.6 Å². The minimum atomic E-state index is 0.0955. The van der Waals surface area contributed by atoms with Gasteiger partial charge in [-0.2, -0.15) is 0 Å². The Morgan fingerprint density at radius 1 is 1.47 bits per heavy atom. The SMILES string of the molecule is Cc1cnccc1CNC(=O)CN1CCCNCC1. The van der Waals surface area contributed by atoms with Crippen molar-refractivity contribution in [3.05, 3.63) is 29.6 Å². The molecule has 0 unspecified atom stereocenters. The predicted molar refractivity (Wildman–Crippen MR) is 74.7 cm³/mol. The maximum absolute atomic E-state index is 11.9. The highest BCUT2D eigenvalue weighted by Gasteiger charge is 2.12. The lowest BCUT2D eigenvalue weighted by Crippen LogP contribution is -2.38. The molecule has 1 aliphatic rings. The summed E-state index contributed by atoms with van der Waals surface area (Å²) in [4.78, 5) is 18.2. The molecule has 1 saturated heterocycles. The number of hydrogen-bond donors (Lipinski definition) is 2. The molecule has 1 fully saturated rings. The number of hydrogen-bond acceptors (Lipinski definition) is 4. The highest BCUT2D eigenvalue weighted by atomic mass is 16.2. The topological polar surface area (TPSA) is 57.3 Å². The maximum atomic E-state index is 11.9. The summed E-state index contributed by atoms with van der Waals surface area (Å²) in [7, 11) is 0. The van der Waals surface area contributed by atoms with Crippen LogP contribution in [-0.4, -0.2) is 48.5 Å². The van der Waals surface area contributed by atoms with Crippen LogP contribution in [0.2, 0.25) is 0 Å². The highest BCUT2D eigenvalue weighted by Crippen LogP contribution is 2.04. The van der Waals surface area contributed by atoms with Gasteiger partial charge in [0.1, 0.15) is 0 Å². The smallest absolute Gasteiger partial charge is 0.234 e. The Labute approximate surface area is 114 Å². The van der Waals surface area contributed by atoms with Crippen molar-refractivity contribution >= 4 is 5.91 Å². The van der Waals surface area contributed by atoms with Gasteiger partial charge >= 0.3 is 0 Å². The van der Waals surface area contributed by atoms with Crippen molar-refractivity contribution in [2.75, 3.05) is 32.7 Å². The quantitative estimate of drug-likeness (QED) is 0.819. The fourth-order valence-corrected chi connectivity index (χ4v) is 2.21. The van der Waals surface area contributed by atoms with Crippen molar-refractivity contribution in [2.24, 2.45) is 0 Å². The van der Waals surface area contributed by atoms with E-state index >= 15 is 0 Å². The largest absolute Gasteiger partial charge is 0.351 e. The lowest BCUT2D eigenvalue weighted by Gasteiger charge is -2.18. The predicted octanol–water partition coefficient (Wildman–Crippen LogP) is 0.302. The minimum absolute atomic E-state index is 0.0955. The second-order valence-electron chi connectivity index (χ2n) is 4.96. The fourth-order valence-electron chi connectivity index (χ4n) is 2.21. The molecule has 1 aromatic heterocycles. The number of aromatic nitrogens is 1. The fraction of sp³-hybridized carbons (Fsp3) is 0.571. The van der Waals surface area contributed by atoms with E-state index in [0.29, 0.717) is 13.1 Å². The molecule has 0 atom stereocenters. The van der Waals surface area contributed by atoms with Crippen molar-refractivity contribution < 1.29 is 4.79 Å². The highest BCUT2D eigenvalue weighted by molar-refractivity contribution is 5.78. The average molecular weight is 262 g/mol. The van der Waals surface area contributed by atoms with Crippen LogP contribution in [0.1, 0.15) is 17.5 Å². The number of nitrogens with one attached hydrogen (secondary N) is 2. The van der Waals surface area contributed by atoms with Gasteiger partial charge in [-0.15, -0.1) is 0 Å². The summed E-state index contributed by atoms with van der Waals surface area (Å²) in [6.45, 7) is 7.04. The Hall–Kier alpha value is -1.46. The Morgan fingerprint density at radius 3 is 3.21 bits per heavy atom. The molecule has 19 heavy (non-hydrogen) atoms. The van der Waals surface area contributed by atoms with Crippen LogP contribution in [0.15, 0.2) is 18.5 Å². The molecule has 2 N–H and O–H groups in total. The van der Waals surface area contributed by atoms with Gasteiger partial charge in [0.15, 0.2) is 0 Å². The summed E-state index contributed by atoms with van der Waals surface area (Å²) in [5.41, 5.74) is 2.24. The maximum Gasteiger partial charge on any atom is 0.234 e. The van der Waals surface area contributed by atoms with Gasteiger partial charge in [0.2, 0.25) is 5.91 Å². The van der Waals surface area contributed by atoms with Gasteiger partial charge in [-0.25, -0.2) is 0 Å². The van der Waals surface area contributed by atoms with Crippen LogP contribution in [0.5, 0.6) is 0 Å². The van der Waals surface area contributed by atoms with Gasteiger partial charge in [0.05, 0.1) is 6.54 Å². The summed E-state index contributed by atoms with van der Waals surface area (Å²) >= 11 is 0. The lowest BCUT2D eigenvalue weighted by atomic mass is 10.1. The van der Waals surface area contributed by atoms with E-state index < -0.39 is 0 Å². The third-order valence-electron chi connectivity index (χ3n) is 3.41. The first kappa shape index (κ1) is 14.0. The molecule has 0 saturated carbocycles. The molecule has 1 amide bonds. The number of pyridine rings is 1. The summed E-state index contributed by atoms with van der Waals surface area (Å²) < 4.78 is 0. The van der Waals surface area contributed by atoms with E-state index in [1.165, 1.54) is 0 Å². The number of nitrogens with zero attached hydrogens (tertiary/aromatic N) is 2. The van der Waals surface area contributed by atoms with Crippen LogP contribution >= 0.6 is 0 Å². The van der Waals surface area contributed by atoms with E-state index in [2.05, 4.69) is 20.5 Å². The average Bonchev–Trinajstić information content (AvgIpc) is 2.66. The zero-order chi connectivity index (χ0) is 13.5. The van der Waals surface area contributed by atoms with E-state index in [9.17, 15) is 4.79 Å². The molecule has 0 spiro atoms. The van der Waals surface area contributed by atoms with Gasteiger partial charge in [0, 0.05) is 32.0 Å². The summed E-state index contributed by atoms with van der Waals surface area (Å²) in [5, 5.41) is 6.31. The van der Waals surface area contributed by atoms with E-state index in [1.54, 1.807) is 6.20 Å². The van der Waals surface area contributed by atoms with Crippen molar-refractivity contribution in [3.63, 3.8) is 0 Å². The van der Waals surface area contributed by atoms with Crippen molar-refractivity contribution in [1.29, 1.82) is 0 Å². The normalized spacial score (nSPS) is 16.9. The first-order valence-electron chi connectivity index (χ1n) is 6.85. The second kappa shape index (κ2) is 7.21. The molecule has 5 heteroatoms. The number of rotatable bonds is 4. The standard InChI is InChI=1S/C14H22N4O/c1-12-9-16-5-3-13(12)10-17-14(19)11-18-7-2-4-15-6-8-18/h3,5,9,15H,2,4,6-8,10-11H2,1H3,(H,17,19). The monoisotopic (exact) mass is 262 g/mol. The molecular formula is C14H22N4O.